The van der Waals surface area contributed by atoms with Crippen LogP contribution in [0.5, 0.6) is 11.5 Å². The summed E-state index contributed by atoms with van der Waals surface area (Å²) in [5.74, 6) is 1.89. The van der Waals surface area contributed by atoms with Crippen LogP contribution in [-0.4, -0.2) is 95.9 Å². The largest absolute Gasteiger partial charge is 0.493 e. The number of ether oxygens (including phenoxy) is 3. The SMILES string of the molecule is C=C(C)CNC(=NCC(=O)N(C)C)NCC(c1ccc(OC)c(OC)c1)N1CCOCC1. The van der Waals surface area contributed by atoms with Crippen LogP contribution >= 0.6 is 0 Å². The third-order valence-corrected chi connectivity index (χ3v) is 5.17. The van der Waals surface area contributed by atoms with Gasteiger partial charge in [-0.05, 0) is 24.6 Å². The number of hydrogen-bond acceptors (Lipinski definition) is 6. The standard InChI is InChI=1S/C23H37N5O4/c1-17(2)14-24-23(26-16-22(29)27(3)4)25-15-19(28-9-11-32-12-10-28)18-7-8-20(30-5)21(13-18)31-6/h7-8,13,19H,1,9-12,14-16H2,2-6H3,(H2,24,25,26). The number of aliphatic imine (C=N–C) groups is 1. The van der Waals surface area contributed by atoms with E-state index in [0.29, 0.717) is 43.8 Å². The van der Waals surface area contributed by atoms with Gasteiger partial charge in [-0.3, -0.25) is 9.69 Å². The van der Waals surface area contributed by atoms with Crippen molar-refractivity contribution in [1.29, 1.82) is 0 Å². The Bertz CT molecular complexity index is 791. The summed E-state index contributed by atoms with van der Waals surface area (Å²) in [7, 11) is 6.71. The second kappa shape index (κ2) is 12.9. The van der Waals surface area contributed by atoms with Crippen molar-refractivity contribution in [2.75, 3.05) is 74.3 Å². The molecular weight excluding hydrogens is 410 g/mol. The number of carbonyl (C=O) groups is 1. The first-order valence-electron chi connectivity index (χ1n) is 10.8. The molecule has 9 nitrogen and oxygen atoms in total. The molecule has 1 heterocycles. The second-order valence-electron chi connectivity index (χ2n) is 7.92. The highest BCUT2D eigenvalue weighted by Gasteiger charge is 2.24. The van der Waals surface area contributed by atoms with E-state index in [0.717, 1.165) is 24.2 Å². The van der Waals surface area contributed by atoms with Crippen molar-refractivity contribution in [2.24, 2.45) is 4.99 Å². The van der Waals surface area contributed by atoms with E-state index in [1.165, 1.54) is 4.90 Å². The molecule has 2 rings (SSSR count). The Balaban J connectivity index is 2.23. The first-order valence-corrected chi connectivity index (χ1v) is 10.8. The summed E-state index contributed by atoms with van der Waals surface area (Å²) in [4.78, 5) is 20.4. The molecule has 0 spiro atoms. The molecule has 1 amide bonds. The molecule has 178 valence electrons. The second-order valence-corrected chi connectivity index (χ2v) is 7.92. The number of nitrogens with one attached hydrogen (secondary N) is 2. The zero-order chi connectivity index (χ0) is 23.5. The number of hydrogen-bond donors (Lipinski definition) is 2. The maximum atomic E-state index is 12.0. The van der Waals surface area contributed by atoms with E-state index < -0.39 is 0 Å². The zero-order valence-electron chi connectivity index (χ0n) is 19.9. The molecule has 1 unspecified atom stereocenters. The Hall–Kier alpha value is -2.78. The lowest BCUT2D eigenvalue weighted by Crippen LogP contribution is -2.46. The lowest BCUT2D eigenvalue weighted by Gasteiger charge is -2.35. The minimum Gasteiger partial charge on any atom is -0.493 e. The van der Waals surface area contributed by atoms with E-state index in [-0.39, 0.29) is 18.5 Å². The topological polar surface area (TPSA) is 87.7 Å². The van der Waals surface area contributed by atoms with Crippen molar-refractivity contribution < 1.29 is 19.0 Å². The van der Waals surface area contributed by atoms with Gasteiger partial charge in [0, 0.05) is 40.3 Å². The molecule has 0 aromatic heterocycles. The Labute approximate surface area is 191 Å². The molecule has 1 aromatic carbocycles. The quantitative estimate of drug-likeness (QED) is 0.317. The number of likely N-dealkylation sites (N-methyl/N-ethyl adjacent to an activating group) is 1. The predicted octanol–water partition coefficient (Wildman–Crippen LogP) is 1.28. The van der Waals surface area contributed by atoms with Gasteiger partial charge in [0.1, 0.15) is 6.54 Å². The van der Waals surface area contributed by atoms with Gasteiger partial charge in [0.2, 0.25) is 5.91 Å². The fraction of sp³-hybridized carbons (Fsp3) is 0.565. The van der Waals surface area contributed by atoms with Crippen LogP contribution in [0.25, 0.3) is 0 Å². The molecule has 1 aliphatic rings. The fourth-order valence-corrected chi connectivity index (χ4v) is 3.30. The molecule has 2 N–H and O–H groups in total. The zero-order valence-corrected chi connectivity index (χ0v) is 19.9. The van der Waals surface area contributed by atoms with Crippen molar-refractivity contribution in [3.05, 3.63) is 35.9 Å². The maximum absolute atomic E-state index is 12.0. The number of guanidine groups is 1. The average Bonchev–Trinajstić information content (AvgIpc) is 2.80. The van der Waals surface area contributed by atoms with Crippen LogP contribution in [0.15, 0.2) is 35.3 Å². The molecule has 0 aliphatic carbocycles. The van der Waals surface area contributed by atoms with E-state index in [2.05, 4.69) is 33.2 Å². The number of nitrogens with zero attached hydrogens (tertiary/aromatic N) is 3. The number of benzene rings is 1. The number of methoxy groups -OCH3 is 2. The van der Waals surface area contributed by atoms with Gasteiger partial charge in [-0.25, -0.2) is 4.99 Å². The molecule has 32 heavy (non-hydrogen) atoms. The van der Waals surface area contributed by atoms with Gasteiger partial charge in [-0.2, -0.15) is 0 Å². The van der Waals surface area contributed by atoms with Crippen molar-refractivity contribution in [1.82, 2.24) is 20.4 Å². The molecule has 1 saturated heterocycles. The van der Waals surface area contributed by atoms with E-state index in [1.807, 2.05) is 19.1 Å². The summed E-state index contributed by atoms with van der Waals surface area (Å²) >= 11 is 0. The van der Waals surface area contributed by atoms with Gasteiger partial charge in [-0.1, -0.05) is 18.2 Å². The third kappa shape index (κ3) is 7.72. The molecule has 1 atom stereocenters. The van der Waals surface area contributed by atoms with E-state index in [1.54, 1.807) is 28.3 Å². The number of morpholine rings is 1. The van der Waals surface area contributed by atoms with Gasteiger partial charge >= 0.3 is 0 Å². The van der Waals surface area contributed by atoms with Crippen molar-refractivity contribution in [2.45, 2.75) is 13.0 Å². The van der Waals surface area contributed by atoms with Crippen molar-refractivity contribution in [3.8, 4) is 11.5 Å². The van der Waals surface area contributed by atoms with Gasteiger partial charge in [0.15, 0.2) is 17.5 Å². The van der Waals surface area contributed by atoms with E-state index >= 15 is 0 Å². The minimum absolute atomic E-state index is 0.0556. The Morgan fingerprint density at radius 2 is 1.91 bits per heavy atom. The summed E-state index contributed by atoms with van der Waals surface area (Å²) in [6, 6.07) is 6.04. The first-order chi connectivity index (χ1) is 15.3. The third-order valence-electron chi connectivity index (χ3n) is 5.17. The highest BCUT2D eigenvalue weighted by molar-refractivity contribution is 5.84. The van der Waals surface area contributed by atoms with Crippen molar-refractivity contribution in [3.63, 3.8) is 0 Å². The summed E-state index contributed by atoms with van der Waals surface area (Å²) in [6.07, 6.45) is 0. The Morgan fingerprint density at radius 3 is 2.50 bits per heavy atom. The summed E-state index contributed by atoms with van der Waals surface area (Å²) in [5.41, 5.74) is 2.07. The molecular formula is C23H37N5O4. The molecule has 1 aromatic rings. The van der Waals surface area contributed by atoms with Crippen LogP contribution in [0, 0.1) is 0 Å². The lowest BCUT2D eigenvalue weighted by atomic mass is 10.0. The summed E-state index contributed by atoms with van der Waals surface area (Å²) in [5, 5.41) is 6.65. The Morgan fingerprint density at radius 1 is 1.22 bits per heavy atom. The van der Waals surface area contributed by atoms with Crippen LogP contribution in [-0.2, 0) is 9.53 Å². The van der Waals surface area contributed by atoms with Gasteiger partial charge < -0.3 is 29.7 Å². The predicted molar refractivity (Wildman–Crippen MR) is 126 cm³/mol. The highest BCUT2D eigenvalue weighted by atomic mass is 16.5. The molecule has 9 heteroatoms. The van der Waals surface area contributed by atoms with Gasteiger partial charge in [0.25, 0.3) is 0 Å². The van der Waals surface area contributed by atoms with Crippen LogP contribution in [0.3, 0.4) is 0 Å². The smallest absolute Gasteiger partial charge is 0.243 e. The van der Waals surface area contributed by atoms with Crippen LogP contribution < -0.4 is 20.1 Å². The van der Waals surface area contributed by atoms with Crippen LogP contribution in [0.1, 0.15) is 18.5 Å². The lowest BCUT2D eigenvalue weighted by molar-refractivity contribution is -0.127. The molecule has 1 fully saturated rings. The van der Waals surface area contributed by atoms with Crippen LogP contribution in [0.4, 0.5) is 0 Å². The van der Waals surface area contributed by atoms with Gasteiger partial charge in [0.05, 0.1) is 33.5 Å². The molecule has 1 aliphatic heterocycles. The molecule has 0 radical (unpaired) electrons. The molecule has 0 saturated carbocycles. The Kier molecular flexibility index (Phi) is 10.3. The van der Waals surface area contributed by atoms with E-state index in [4.69, 9.17) is 14.2 Å². The van der Waals surface area contributed by atoms with Crippen molar-refractivity contribution >= 4 is 11.9 Å². The summed E-state index contributed by atoms with van der Waals surface area (Å²) < 4.78 is 16.5. The number of carbonyl (C=O) groups excluding carboxylic acids is 1. The van der Waals surface area contributed by atoms with E-state index in [9.17, 15) is 4.79 Å². The highest BCUT2D eigenvalue weighted by Crippen LogP contribution is 2.32. The maximum Gasteiger partial charge on any atom is 0.243 e. The molecule has 0 bridgehead atoms. The number of amides is 1. The average molecular weight is 448 g/mol. The van der Waals surface area contributed by atoms with Crippen LogP contribution in [0.2, 0.25) is 0 Å². The summed E-state index contributed by atoms with van der Waals surface area (Å²) in [6.45, 7) is 10.1. The van der Waals surface area contributed by atoms with Gasteiger partial charge in [-0.15, -0.1) is 0 Å². The first kappa shape index (κ1) is 25.5. The minimum atomic E-state index is -0.0638. The monoisotopic (exact) mass is 447 g/mol. The normalized spacial score (nSPS) is 15.6. The fourth-order valence-electron chi connectivity index (χ4n) is 3.30. The number of rotatable bonds is 10.